The number of nitrogens with one attached hydrogen (secondary N) is 2. The van der Waals surface area contributed by atoms with Gasteiger partial charge in [0.1, 0.15) is 11.6 Å². The number of rotatable bonds is 4. The summed E-state index contributed by atoms with van der Waals surface area (Å²) in [6, 6.07) is 9.10. The molecule has 0 fully saturated rings. The van der Waals surface area contributed by atoms with Crippen molar-refractivity contribution in [1.29, 1.82) is 4.78 Å². The van der Waals surface area contributed by atoms with Crippen molar-refractivity contribution in [1.82, 2.24) is 9.97 Å². The molecule has 2 aromatic heterocycles. The number of aromatic nitrogens is 2. The smallest absolute Gasteiger partial charge is 0.131 e. The van der Waals surface area contributed by atoms with Gasteiger partial charge >= 0.3 is 0 Å². The van der Waals surface area contributed by atoms with E-state index in [0.29, 0.717) is 11.6 Å². The average molecular weight is 262 g/mol. The molecule has 2 heterocycles. The first kappa shape index (κ1) is 12.5. The van der Waals surface area contributed by atoms with Crippen molar-refractivity contribution < 1.29 is 4.21 Å². The number of hydrogen-bond acceptors (Lipinski definition) is 5. The summed E-state index contributed by atoms with van der Waals surface area (Å²) in [6.45, 7) is 0. The lowest BCUT2D eigenvalue weighted by molar-refractivity contribution is 0.678. The number of nitrogens with zero attached hydrogens (tertiary/aromatic N) is 2. The number of anilines is 2. The van der Waals surface area contributed by atoms with Gasteiger partial charge in [-0.15, -0.1) is 0 Å². The molecular formula is C12H14N4OS. The maximum absolute atomic E-state index is 11.4. The summed E-state index contributed by atoms with van der Waals surface area (Å²) >= 11 is 0. The summed E-state index contributed by atoms with van der Waals surface area (Å²) < 4.78 is 18.9. The Morgan fingerprint density at radius 1 is 1.22 bits per heavy atom. The Balaban J connectivity index is 2.18. The lowest BCUT2D eigenvalue weighted by atomic mass is 10.3. The van der Waals surface area contributed by atoms with Gasteiger partial charge in [0, 0.05) is 28.4 Å². The first-order valence-electron chi connectivity index (χ1n) is 5.37. The molecule has 2 rings (SSSR count). The van der Waals surface area contributed by atoms with Crippen LogP contribution in [0.4, 0.5) is 11.6 Å². The van der Waals surface area contributed by atoms with Gasteiger partial charge in [-0.05, 0) is 29.8 Å². The first-order chi connectivity index (χ1) is 8.53. The van der Waals surface area contributed by atoms with Crippen LogP contribution in [0, 0.1) is 4.78 Å². The first-order valence-corrected chi connectivity index (χ1v) is 7.51. The Morgan fingerprint density at radius 2 is 2.00 bits per heavy atom. The largest absolute Gasteiger partial charge is 0.325 e. The maximum Gasteiger partial charge on any atom is 0.131 e. The van der Waals surface area contributed by atoms with Gasteiger partial charge in [-0.3, -0.25) is 4.78 Å². The topological polar surface area (TPSA) is 78.7 Å². The summed E-state index contributed by atoms with van der Waals surface area (Å²) in [7, 11) is -2.54. The molecule has 5 nitrogen and oxygen atoms in total. The molecule has 2 N–H and O–H groups in total. The molecule has 2 aromatic rings. The van der Waals surface area contributed by atoms with Crippen LogP contribution in [0.5, 0.6) is 0 Å². The predicted molar refractivity (Wildman–Crippen MR) is 72.2 cm³/mol. The normalized spacial score (nSPS) is 13.8. The van der Waals surface area contributed by atoms with Gasteiger partial charge in [0.25, 0.3) is 0 Å². The highest BCUT2D eigenvalue weighted by Crippen LogP contribution is 2.14. The highest BCUT2D eigenvalue weighted by Gasteiger charge is 2.03. The van der Waals surface area contributed by atoms with Crippen molar-refractivity contribution in [2.45, 2.75) is 5.75 Å². The molecule has 1 unspecified atom stereocenters. The third-order valence-corrected chi connectivity index (χ3v) is 3.07. The lowest BCUT2D eigenvalue weighted by Crippen LogP contribution is -2.01. The van der Waals surface area contributed by atoms with Gasteiger partial charge in [-0.25, -0.2) is 14.2 Å². The average Bonchev–Trinajstić information content (AvgIpc) is 2.28. The van der Waals surface area contributed by atoms with Crippen LogP contribution >= 0.6 is 0 Å². The summed E-state index contributed by atoms with van der Waals surface area (Å²) in [5, 5.41) is 3.05. The summed E-state index contributed by atoms with van der Waals surface area (Å²) in [4.78, 5) is 8.29. The molecule has 0 spiro atoms. The zero-order valence-electron chi connectivity index (χ0n) is 9.96. The Hall–Kier alpha value is -1.95. The van der Waals surface area contributed by atoms with Crippen molar-refractivity contribution in [2.75, 3.05) is 11.6 Å². The Kier molecular flexibility index (Phi) is 3.57. The van der Waals surface area contributed by atoms with Crippen LogP contribution in [0.2, 0.25) is 0 Å². The van der Waals surface area contributed by atoms with E-state index in [-0.39, 0.29) is 5.75 Å². The Bertz CT molecular complexity index is 626. The second-order valence-electron chi connectivity index (χ2n) is 4.04. The molecule has 0 aliphatic rings. The molecule has 18 heavy (non-hydrogen) atoms. The Morgan fingerprint density at radius 3 is 2.67 bits per heavy atom. The SMILES string of the molecule is CS(=N)(=O)Cc1ccnc(Nc2ccccn2)c1. The van der Waals surface area contributed by atoms with Gasteiger partial charge < -0.3 is 5.32 Å². The molecule has 0 saturated heterocycles. The highest BCUT2D eigenvalue weighted by molar-refractivity contribution is 7.90. The van der Waals surface area contributed by atoms with Gasteiger partial charge in [0.05, 0.1) is 5.75 Å². The van der Waals surface area contributed by atoms with Crippen molar-refractivity contribution in [3.8, 4) is 0 Å². The molecular weight excluding hydrogens is 248 g/mol. The van der Waals surface area contributed by atoms with E-state index in [4.69, 9.17) is 4.78 Å². The second kappa shape index (κ2) is 5.14. The fourth-order valence-corrected chi connectivity index (χ4v) is 2.33. The van der Waals surface area contributed by atoms with E-state index in [1.807, 2.05) is 18.2 Å². The molecule has 0 aromatic carbocycles. The van der Waals surface area contributed by atoms with Gasteiger partial charge in [0.15, 0.2) is 0 Å². The van der Waals surface area contributed by atoms with Gasteiger partial charge in [0.2, 0.25) is 0 Å². The van der Waals surface area contributed by atoms with E-state index >= 15 is 0 Å². The number of pyridine rings is 2. The van der Waals surface area contributed by atoms with E-state index in [1.54, 1.807) is 24.5 Å². The van der Waals surface area contributed by atoms with Crippen LogP contribution in [0.25, 0.3) is 0 Å². The van der Waals surface area contributed by atoms with Crippen LogP contribution in [0.3, 0.4) is 0 Å². The van der Waals surface area contributed by atoms with Crippen LogP contribution in [-0.4, -0.2) is 20.4 Å². The second-order valence-corrected chi connectivity index (χ2v) is 6.34. The molecule has 0 bridgehead atoms. The highest BCUT2D eigenvalue weighted by atomic mass is 32.2. The fraction of sp³-hybridized carbons (Fsp3) is 0.167. The summed E-state index contributed by atoms with van der Waals surface area (Å²) in [5.41, 5.74) is 0.825. The van der Waals surface area contributed by atoms with E-state index in [1.165, 1.54) is 6.26 Å². The minimum Gasteiger partial charge on any atom is -0.325 e. The minimum absolute atomic E-state index is 0.229. The minimum atomic E-state index is -2.54. The Labute approximate surface area is 106 Å². The zero-order valence-corrected chi connectivity index (χ0v) is 10.8. The molecule has 0 radical (unpaired) electrons. The monoisotopic (exact) mass is 262 g/mol. The molecule has 0 aliphatic heterocycles. The molecule has 1 atom stereocenters. The van der Waals surface area contributed by atoms with E-state index in [0.717, 1.165) is 5.56 Å². The predicted octanol–water partition coefficient (Wildman–Crippen LogP) is 2.40. The third-order valence-electron chi connectivity index (χ3n) is 2.19. The summed E-state index contributed by atoms with van der Waals surface area (Å²) in [5.74, 6) is 1.56. The van der Waals surface area contributed by atoms with Crippen molar-refractivity contribution in [3.63, 3.8) is 0 Å². The number of hydrogen-bond donors (Lipinski definition) is 2. The van der Waals surface area contributed by atoms with E-state index < -0.39 is 9.73 Å². The molecule has 6 heteroatoms. The molecule has 0 aliphatic carbocycles. The molecule has 94 valence electrons. The van der Waals surface area contributed by atoms with Gasteiger partial charge in [-0.1, -0.05) is 6.07 Å². The molecule has 0 saturated carbocycles. The van der Waals surface area contributed by atoms with Crippen LogP contribution in [-0.2, 0) is 15.5 Å². The van der Waals surface area contributed by atoms with Crippen LogP contribution in [0.15, 0.2) is 42.7 Å². The van der Waals surface area contributed by atoms with Crippen molar-refractivity contribution >= 4 is 21.4 Å². The standard InChI is InChI=1S/C12H14N4OS/c1-18(13,17)9-10-5-7-15-12(8-10)16-11-4-2-3-6-14-11/h2-8,13H,9H2,1H3,(H,14,15,16). The van der Waals surface area contributed by atoms with Gasteiger partial charge in [-0.2, -0.15) is 0 Å². The fourth-order valence-electron chi connectivity index (χ4n) is 1.52. The van der Waals surface area contributed by atoms with Crippen molar-refractivity contribution in [3.05, 3.63) is 48.3 Å². The van der Waals surface area contributed by atoms with E-state index in [2.05, 4.69) is 15.3 Å². The zero-order chi connectivity index (χ0) is 13.0. The molecule has 0 amide bonds. The van der Waals surface area contributed by atoms with E-state index in [9.17, 15) is 4.21 Å². The lowest BCUT2D eigenvalue weighted by Gasteiger charge is -2.06. The summed E-state index contributed by atoms with van der Waals surface area (Å²) in [6.07, 6.45) is 4.75. The third kappa shape index (κ3) is 3.81. The maximum atomic E-state index is 11.4. The quantitative estimate of drug-likeness (QED) is 0.886. The van der Waals surface area contributed by atoms with Crippen molar-refractivity contribution in [2.24, 2.45) is 0 Å². The van der Waals surface area contributed by atoms with Crippen LogP contribution in [0.1, 0.15) is 5.56 Å². The van der Waals surface area contributed by atoms with Crippen LogP contribution < -0.4 is 5.32 Å².